The molecule has 1 atom stereocenters. The second-order valence-corrected chi connectivity index (χ2v) is 8.85. The van der Waals surface area contributed by atoms with Crippen molar-refractivity contribution in [2.75, 3.05) is 18.0 Å². The summed E-state index contributed by atoms with van der Waals surface area (Å²) in [5.41, 5.74) is 3.22. The van der Waals surface area contributed by atoms with E-state index in [4.69, 9.17) is 4.74 Å². The van der Waals surface area contributed by atoms with Gasteiger partial charge in [0.25, 0.3) is 5.91 Å². The van der Waals surface area contributed by atoms with Crippen molar-refractivity contribution in [3.05, 3.63) is 72.6 Å². The molecule has 0 bridgehead atoms. The zero-order valence-corrected chi connectivity index (χ0v) is 17.7. The van der Waals surface area contributed by atoms with Crippen molar-refractivity contribution in [1.29, 1.82) is 0 Å². The van der Waals surface area contributed by atoms with E-state index in [1.54, 1.807) is 6.20 Å². The lowest BCUT2D eigenvalue weighted by Crippen LogP contribution is -2.50. The molecule has 1 N–H and O–H groups in total. The fourth-order valence-electron chi connectivity index (χ4n) is 3.46. The molecule has 3 aromatic rings. The minimum absolute atomic E-state index is 0.0260. The Morgan fingerprint density at radius 1 is 1.13 bits per heavy atom. The highest BCUT2D eigenvalue weighted by Crippen LogP contribution is 2.34. The van der Waals surface area contributed by atoms with Gasteiger partial charge in [0, 0.05) is 25.5 Å². The number of hydrogen-bond acceptors (Lipinski definition) is 4. The Labute approximate surface area is 177 Å². The Balaban J connectivity index is 1.50. The van der Waals surface area contributed by atoms with Gasteiger partial charge < -0.3 is 15.0 Å². The van der Waals surface area contributed by atoms with Crippen molar-refractivity contribution in [3.8, 4) is 11.4 Å². The molecule has 0 spiro atoms. The van der Waals surface area contributed by atoms with E-state index in [1.807, 2.05) is 41.2 Å². The average Bonchev–Trinajstić information content (AvgIpc) is 3.27. The molecule has 2 heterocycles. The Hall–Kier alpha value is -3.28. The molecule has 0 saturated carbocycles. The molecule has 0 aliphatic carbocycles. The second-order valence-electron chi connectivity index (χ2n) is 8.85. The van der Waals surface area contributed by atoms with Crippen LogP contribution in [0.2, 0.25) is 0 Å². The molecule has 30 heavy (non-hydrogen) atoms. The molecule has 4 rings (SSSR count). The van der Waals surface area contributed by atoms with Crippen LogP contribution in [0.5, 0.6) is 5.75 Å². The number of ether oxygens (including phenoxy) is 1. The first-order valence-electron chi connectivity index (χ1n) is 10.3. The summed E-state index contributed by atoms with van der Waals surface area (Å²) in [4.78, 5) is 15.0. The van der Waals surface area contributed by atoms with Crippen LogP contribution in [-0.2, 0) is 11.3 Å². The van der Waals surface area contributed by atoms with Crippen molar-refractivity contribution in [1.82, 2.24) is 15.1 Å². The van der Waals surface area contributed by atoms with E-state index in [-0.39, 0.29) is 11.3 Å². The van der Waals surface area contributed by atoms with Crippen LogP contribution in [0.4, 0.5) is 5.69 Å². The highest BCUT2D eigenvalue weighted by atomic mass is 16.5. The quantitative estimate of drug-likeness (QED) is 0.703. The zero-order chi connectivity index (χ0) is 21.1. The van der Waals surface area contributed by atoms with E-state index in [9.17, 15) is 4.79 Å². The number of benzene rings is 2. The number of anilines is 1. The number of hydrogen-bond donors (Lipinski definition) is 1. The number of carbonyl (C=O) groups excluding carboxylic acids is 1. The van der Waals surface area contributed by atoms with Crippen LogP contribution >= 0.6 is 0 Å². The molecule has 1 amide bonds. The van der Waals surface area contributed by atoms with E-state index in [0.29, 0.717) is 19.6 Å². The lowest BCUT2D eigenvalue weighted by atomic mass is 9.97. The van der Waals surface area contributed by atoms with Crippen molar-refractivity contribution in [2.45, 2.75) is 33.4 Å². The maximum absolute atomic E-state index is 12.8. The number of nitrogens with zero attached hydrogens (tertiary/aromatic N) is 3. The number of carbonyl (C=O) groups is 1. The first-order chi connectivity index (χ1) is 14.4. The minimum Gasteiger partial charge on any atom is -0.477 e. The predicted molar refractivity (Wildman–Crippen MR) is 118 cm³/mol. The Kier molecular flexibility index (Phi) is 5.48. The van der Waals surface area contributed by atoms with Crippen molar-refractivity contribution in [3.63, 3.8) is 0 Å². The zero-order valence-electron chi connectivity index (χ0n) is 17.7. The van der Waals surface area contributed by atoms with Crippen LogP contribution in [0.3, 0.4) is 0 Å². The van der Waals surface area contributed by atoms with Gasteiger partial charge in [0.1, 0.15) is 5.75 Å². The normalized spacial score (nSPS) is 16.0. The molecule has 1 aromatic heterocycles. The standard InChI is InChI=1S/C24H28N4O2/c1-24(2,3)17-25-23(29)22-16-27(20-7-4-5-8-21(20)30-22)15-18-9-11-19(12-10-18)28-14-6-13-26-28/h4-14,22H,15-17H2,1-3H3,(H,25,29). The smallest absolute Gasteiger partial charge is 0.262 e. The van der Waals surface area contributed by atoms with E-state index in [0.717, 1.165) is 22.7 Å². The lowest BCUT2D eigenvalue weighted by Gasteiger charge is -2.36. The summed E-state index contributed by atoms with van der Waals surface area (Å²) < 4.78 is 7.87. The first-order valence-corrected chi connectivity index (χ1v) is 10.3. The fraction of sp³-hybridized carbons (Fsp3) is 0.333. The van der Waals surface area contributed by atoms with Gasteiger partial charge in [-0.2, -0.15) is 5.10 Å². The SMILES string of the molecule is CC(C)(C)CNC(=O)C1CN(Cc2ccc(-n3cccn3)cc2)c2ccccc2O1. The number of fused-ring (bicyclic) bond motifs is 1. The summed E-state index contributed by atoms with van der Waals surface area (Å²) >= 11 is 0. The van der Waals surface area contributed by atoms with Crippen LogP contribution in [0.25, 0.3) is 5.69 Å². The van der Waals surface area contributed by atoms with Crippen molar-refractivity contribution >= 4 is 11.6 Å². The van der Waals surface area contributed by atoms with Gasteiger partial charge in [0.2, 0.25) is 0 Å². The van der Waals surface area contributed by atoms with E-state index in [1.165, 1.54) is 0 Å². The topological polar surface area (TPSA) is 59.4 Å². The molecule has 0 saturated heterocycles. The molecule has 0 radical (unpaired) electrons. The Bertz CT molecular complexity index is 991. The minimum atomic E-state index is -0.536. The van der Waals surface area contributed by atoms with Gasteiger partial charge >= 0.3 is 0 Å². The van der Waals surface area contributed by atoms with Crippen LogP contribution in [-0.4, -0.2) is 34.9 Å². The van der Waals surface area contributed by atoms with Crippen molar-refractivity contribution < 1.29 is 9.53 Å². The average molecular weight is 405 g/mol. The second kappa shape index (κ2) is 8.22. The third-order valence-corrected chi connectivity index (χ3v) is 5.03. The molecule has 156 valence electrons. The molecule has 0 fully saturated rings. The molecule has 6 nitrogen and oxygen atoms in total. The number of amides is 1. The molecule has 6 heteroatoms. The highest BCUT2D eigenvalue weighted by molar-refractivity contribution is 5.83. The lowest BCUT2D eigenvalue weighted by molar-refractivity contribution is -0.128. The van der Waals surface area contributed by atoms with Gasteiger partial charge in [-0.15, -0.1) is 0 Å². The molecule has 1 aliphatic heterocycles. The Morgan fingerprint density at radius 2 is 1.90 bits per heavy atom. The van der Waals surface area contributed by atoms with Crippen LogP contribution < -0.4 is 15.0 Å². The molecule has 1 aliphatic rings. The number of nitrogens with one attached hydrogen (secondary N) is 1. The molecular weight excluding hydrogens is 376 g/mol. The maximum atomic E-state index is 12.8. The third-order valence-electron chi connectivity index (χ3n) is 5.03. The monoisotopic (exact) mass is 404 g/mol. The largest absolute Gasteiger partial charge is 0.477 e. The molecular formula is C24H28N4O2. The van der Waals surface area contributed by atoms with Gasteiger partial charge in [0.05, 0.1) is 17.9 Å². The highest BCUT2D eigenvalue weighted by Gasteiger charge is 2.31. The van der Waals surface area contributed by atoms with E-state index in [2.05, 4.69) is 60.4 Å². The summed E-state index contributed by atoms with van der Waals surface area (Å²) in [6.07, 6.45) is 3.16. The van der Waals surface area contributed by atoms with Gasteiger partial charge in [-0.05, 0) is 41.3 Å². The summed E-state index contributed by atoms with van der Waals surface area (Å²) in [5.74, 6) is 0.672. The number of aromatic nitrogens is 2. The maximum Gasteiger partial charge on any atom is 0.262 e. The van der Waals surface area contributed by atoms with Crippen LogP contribution in [0.1, 0.15) is 26.3 Å². The Morgan fingerprint density at radius 3 is 2.60 bits per heavy atom. The van der Waals surface area contributed by atoms with Crippen molar-refractivity contribution in [2.24, 2.45) is 5.41 Å². The summed E-state index contributed by atoms with van der Waals surface area (Å²) in [6.45, 7) is 8.12. The van der Waals surface area contributed by atoms with Crippen LogP contribution in [0.15, 0.2) is 67.0 Å². The van der Waals surface area contributed by atoms with Gasteiger partial charge in [-0.1, -0.05) is 45.0 Å². The van der Waals surface area contributed by atoms with Gasteiger partial charge in [0.15, 0.2) is 6.10 Å². The summed E-state index contributed by atoms with van der Waals surface area (Å²) in [6, 6.07) is 18.1. The molecule has 1 unspecified atom stereocenters. The van der Waals surface area contributed by atoms with Crippen LogP contribution in [0, 0.1) is 5.41 Å². The fourth-order valence-corrected chi connectivity index (χ4v) is 3.46. The summed E-state index contributed by atoms with van der Waals surface area (Å²) in [7, 11) is 0. The van der Waals surface area contributed by atoms with Gasteiger partial charge in [-0.25, -0.2) is 4.68 Å². The van der Waals surface area contributed by atoms with E-state index >= 15 is 0 Å². The predicted octanol–water partition coefficient (Wildman–Crippen LogP) is 3.80. The van der Waals surface area contributed by atoms with Gasteiger partial charge in [-0.3, -0.25) is 4.79 Å². The number of rotatable bonds is 5. The first kappa shape index (κ1) is 20.0. The summed E-state index contributed by atoms with van der Waals surface area (Å²) in [5, 5.41) is 7.30. The van der Waals surface area contributed by atoms with E-state index < -0.39 is 6.10 Å². The third kappa shape index (κ3) is 4.64. The number of para-hydroxylation sites is 2. The molecule has 2 aromatic carbocycles.